The number of hydrogen-bond acceptors (Lipinski definition) is 5. The van der Waals surface area contributed by atoms with Crippen LogP contribution >= 0.6 is 11.8 Å². The van der Waals surface area contributed by atoms with Crippen LogP contribution in [0.25, 0.3) is 0 Å². The Labute approximate surface area is 160 Å². The minimum absolute atomic E-state index is 0.0353. The van der Waals surface area contributed by atoms with E-state index in [1.165, 1.54) is 30.0 Å². The van der Waals surface area contributed by atoms with Crippen LogP contribution < -0.4 is 10.6 Å². The highest BCUT2D eigenvalue weighted by molar-refractivity contribution is 8.00. The van der Waals surface area contributed by atoms with Gasteiger partial charge in [0.15, 0.2) is 0 Å². The van der Waals surface area contributed by atoms with Crippen LogP contribution in [-0.2, 0) is 9.59 Å². The number of rotatable bonds is 8. The van der Waals surface area contributed by atoms with E-state index in [1.54, 1.807) is 12.1 Å². The van der Waals surface area contributed by atoms with Crippen molar-refractivity contribution in [1.29, 1.82) is 0 Å². The van der Waals surface area contributed by atoms with Crippen molar-refractivity contribution < 1.29 is 24.6 Å². The number of hydrogen-bond donors (Lipinski definition) is 4. The van der Waals surface area contributed by atoms with E-state index in [4.69, 9.17) is 5.11 Å². The Hall–Kier alpha value is -3.00. The lowest BCUT2D eigenvalue weighted by molar-refractivity contribution is -0.116. The van der Waals surface area contributed by atoms with Crippen molar-refractivity contribution in [3.8, 4) is 5.75 Å². The van der Waals surface area contributed by atoms with E-state index < -0.39 is 5.97 Å². The van der Waals surface area contributed by atoms with Gasteiger partial charge in [-0.05, 0) is 48.9 Å². The maximum Gasteiger partial charge on any atom is 0.339 e. The SMILES string of the molecule is CCCC(=O)Nc1ccc(SCC(=O)Nc2ccc(O)c(C(=O)O)c2)cc1. The fourth-order valence-corrected chi connectivity index (χ4v) is 2.91. The molecule has 0 heterocycles. The molecule has 27 heavy (non-hydrogen) atoms. The van der Waals surface area contributed by atoms with Gasteiger partial charge in [-0.3, -0.25) is 9.59 Å². The number of carboxylic acid groups (broad SMARTS) is 1. The average Bonchev–Trinajstić information content (AvgIpc) is 2.62. The summed E-state index contributed by atoms with van der Waals surface area (Å²) in [5, 5.41) is 23.8. The zero-order valence-electron chi connectivity index (χ0n) is 14.7. The van der Waals surface area contributed by atoms with Crippen LogP contribution in [0.1, 0.15) is 30.1 Å². The average molecular weight is 388 g/mol. The lowest BCUT2D eigenvalue weighted by Crippen LogP contribution is -2.14. The van der Waals surface area contributed by atoms with Gasteiger partial charge in [0, 0.05) is 22.7 Å². The highest BCUT2D eigenvalue weighted by atomic mass is 32.2. The fourth-order valence-electron chi connectivity index (χ4n) is 2.22. The lowest BCUT2D eigenvalue weighted by atomic mass is 10.2. The van der Waals surface area contributed by atoms with Crippen LogP contribution in [0, 0.1) is 0 Å². The number of nitrogens with one attached hydrogen (secondary N) is 2. The van der Waals surface area contributed by atoms with E-state index >= 15 is 0 Å². The molecule has 7 nitrogen and oxygen atoms in total. The van der Waals surface area contributed by atoms with E-state index in [1.807, 2.05) is 19.1 Å². The molecule has 0 aromatic heterocycles. The highest BCUT2D eigenvalue weighted by Crippen LogP contribution is 2.23. The quantitative estimate of drug-likeness (QED) is 0.406. The lowest BCUT2D eigenvalue weighted by Gasteiger charge is -2.08. The molecular formula is C19H20N2O5S. The Morgan fingerprint density at radius 2 is 1.59 bits per heavy atom. The van der Waals surface area contributed by atoms with Crippen LogP contribution in [0.4, 0.5) is 11.4 Å². The van der Waals surface area contributed by atoms with E-state index in [9.17, 15) is 19.5 Å². The smallest absolute Gasteiger partial charge is 0.339 e. The van der Waals surface area contributed by atoms with Crippen molar-refractivity contribution in [3.63, 3.8) is 0 Å². The second kappa shape index (κ2) is 9.63. The molecule has 2 aromatic rings. The summed E-state index contributed by atoms with van der Waals surface area (Å²) in [6, 6.07) is 11.0. The first-order valence-corrected chi connectivity index (χ1v) is 9.26. The molecule has 142 valence electrons. The number of phenols is 1. The van der Waals surface area contributed by atoms with Gasteiger partial charge in [-0.25, -0.2) is 4.79 Å². The van der Waals surface area contributed by atoms with Gasteiger partial charge < -0.3 is 20.8 Å². The van der Waals surface area contributed by atoms with Crippen LogP contribution in [-0.4, -0.2) is 33.7 Å². The van der Waals surface area contributed by atoms with Crippen molar-refractivity contribution in [1.82, 2.24) is 0 Å². The van der Waals surface area contributed by atoms with E-state index in [-0.39, 0.29) is 28.9 Å². The summed E-state index contributed by atoms with van der Waals surface area (Å²) in [5.41, 5.74) is 0.721. The fraction of sp³-hybridized carbons (Fsp3) is 0.211. The first-order chi connectivity index (χ1) is 12.9. The number of carbonyl (C=O) groups is 3. The summed E-state index contributed by atoms with van der Waals surface area (Å²) >= 11 is 1.31. The summed E-state index contributed by atoms with van der Waals surface area (Å²) in [5.74, 6) is -1.84. The number of aromatic hydroxyl groups is 1. The number of aromatic carboxylic acids is 1. The molecule has 0 unspecified atom stereocenters. The standard InChI is InChI=1S/C19H20N2O5S/c1-2-3-17(23)20-12-4-7-14(8-5-12)27-11-18(24)21-13-6-9-16(22)15(10-13)19(25)26/h4-10,22H,2-3,11H2,1H3,(H,20,23)(H,21,24)(H,25,26). The van der Waals surface area contributed by atoms with Crippen molar-refractivity contribution in [3.05, 3.63) is 48.0 Å². The molecule has 2 rings (SSSR count). The predicted octanol–water partition coefficient (Wildman–Crippen LogP) is 3.56. The van der Waals surface area contributed by atoms with Gasteiger partial charge in [-0.2, -0.15) is 0 Å². The molecule has 4 N–H and O–H groups in total. The van der Waals surface area contributed by atoms with Gasteiger partial charge in [-0.1, -0.05) is 6.92 Å². The maximum atomic E-state index is 12.0. The van der Waals surface area contributed by atoms with Crippen LogP contribution in [0.5, 0.6) is 5.75 Å². The van der Waals surface area contributed by atoms with Crippen LogP contribution in [0.3, 0.4) is 0 Å². The Morgan fingerprint density at radius 3 is 2.22 bits per heavy atom. The van der Waals surface area contributed by atoms with E-state index in [0.717, 1.165) is 11.3 Å². The van der Waals surface area contributed by atoms with Gasteiger partial charge in [0.1, 0.15) is 11.3 Å². The largest absolute Gasteiger partial charge is 0.507 e. The molecule has 0 aliphatic heterocycles. The third-order valence-corrected chi connectivity index (χ3v) is 4.51. The summed E-state index contributed by atoms with van der Waals surface area (Å²) in [6.45, 7) is 1.94. The highest BCUT2D eigenvalue weighted by Gasteiger charge is 2.12. The zero-order chi connectivity index (χ0) is 19.8. The number of amides is 2. The number of thioether (sulfide) groups is 1. The number of carboxylic acids is 1. The molecule has 0 saturated carbocycles. The number of carbonyl (C=O) groups excluding carboxylic acids is 2. The van der Waals surface area contributed by atoms with Crippen molar-refractivity contribution in [2.24, 2.45) is 0 Å². The Balaban J connectivity index is 1.87. The summed E-state index contributed by atoms with van der Waals surface area (Å²) in [7, 11) is 0. The zero-order valence-corrected chi connectivity index (χ0v) is 15.5. The summed E-state index contributed by atoms with van der Waals surface area (Å²) in [4.78, 5) is 35.4. The molecule has 0 fully saturated rings. The second-order valence-corrected chi connectivity index (χ2v) is 6.75. The second-order valence-electron chi connectivity index (χ2n) is 5.70. The maximum absolute atomic E-state index is 12.0. The van der Waals surface area contributed by atoms with Gasteiger partial charge in [0.2, 0.25) is 11.8 Å². The first-order valence-electron chi connectivity index (χ1n) is 8.28. The van der Waals surface area contributed by atoms with Gasteiger partial charge in [0.05, 0.1) is 5.75 Å². The third-order valence-electron chi connectivity index (χ3n) is 3.50. The first kappa shape index (κ1) is 20.3. The molecule has 2 aromatic carbocycles. The van der Waals surface area contributed by atoms with Gasteiger partial charge >= 0.3 is 5.97 Å². The van der Waals surface area contributed by atoms with Crippen LogP contribution in [0.15, 0.2) is 47.4 Å². The molecule has 0 atom stereocenters. The van der Waals surface area contributed by atoms with Crippen molar-refractivity contribution in [2.75, 3.05) is 16.4 Å². The molecule has 0 radical (unpaired) electrons. The Bertz CT molecular complexity index is 836. The monoisotopic (exact) mass is 388 g/mol. The minimum Gasteiger partial charge on any atom is -0.507 e. The van der Waals surface area contributed by atoms with Crippen molar-refractivity contribution in [2.45, 2.75) is 24.7 Å². The van der Waals surface area contributed by atoms with Crippen molar-refractivity contribution >= 4 is 40.9 Å². The Morgan fingerprint density at radius 1 is 0.963 bits per heavy atom. The third kappa shape index (κ3) is 6.34. The van der Waals surface area contributed by atoms with Gasteiger partial charge in [-0.15, -0.1) is 11.8 Å². The summed E-state index contributed by atoms with van der Waals surface area (Å²) in [6.07, 6.45) is 1.25. The minimum atomic E-state index is -1.27. The molecule has 0 aliphatic rings. The molecule has 8 heteroatoms. The molecule has 0 aliphatic carbocycles. The molecule has 0 saturated heterocycles. The molecular weight excluding hydrogens is 368 g/mol. The molecule has 0 bridgehead atoms. The number of benzene rings is 2. The predicted molar refractivity (Wildman–Crippen MR) is 104 cm³/mol. The van der Waals surface area contributed by atoms with Crippen LogP contribution in [0.2, 0.25) is 0 Å². The number of anilines is 2. The summed E-state index contributed by atoms with van der Waals surface area (Å²) < 4.78 is 0. The topological polar surface area (TPSA) is 116 Å². The Kier molecular flexibility index (Phi) is 7.25. The molecule has 0 spiro atoms. The molecule has 2 amide bonds. The normalized spacial score (nSPS) is 10.3. The van der Waals surface area contributed by atoms with E-state index in [0.29, 0.717) is 17.8 Å². The van der Waals surface area contributed by atoms with E-state index in [2.05, 4.69) is 10.6 Å². The van der Waals surface area contributed by atoms with Gasteiger partial charge in [0.25, 0.3) is 0 Å².